The molecule has 10 heteroatoms. The number of aryl methyl sites for hydroxylation is 4. The molecule has 0 aliphatic heterocycles. The molecule has 4 heterocycles. The number of methoxy groups -OCH3 is 1. The van der Waals surface area contributed by atoms with Crippen molar-refractivity contribution in [2.45, 2.75) is 39.3 Å². The minimum atomic E-state index is 0.608. The van der Waals surface area contributed by atoms with Crippen LogP contribution in [0.5, 0.6) is 0 Å². The molecular weight excluding hydrogens is 514 g/mol. The van der Waals surface area contributed by atoms with Gasteiger partial charge in [-0.1, -0.05) is 24.3 Å². The van der Waals surface area contributed by atoms with Crippen molar-refractivity contribution in [2.24, 2.45) is 7.05 Å². The van der Waals surface area contributed by atoms with Crippen LogP contribution in [0, 0.1) is 0 Å². The third-order valence-corrected chi connectivity index (χ3v) is 7.77. The van der Waals surface area contributed by atoms with Crippen molar-refractivity contribution >= 4 is 0 Å². The fraction of sp³-hybridized carbons (Fsp3) is 0.387. The molecule has 0 saturated carbocycles. The molecule has 1 aromatic carbocycles. The van der Waals surface area contributed by atoms with E-state index in [1.165, 1.54) is 5.56 Å². The van der Waals surface area contributed by atoms with E-state index in [-0.39, 0.29) is 0 Å². The Balaban J connectivity index is 1.24. The first kappa shape index (κ1) is 27.0. The molecule has 0 atom stereocenters. The molecule has 0 saturated heterocycles. The van der Waals surface area contributed by atoms with Crippen molar-refractivity contribution in [1.82, 2.24) is 44.2 Å². The van der Waals surface area contributed by atoms with Crippen LogP contribution in [0.15, 0.2) is 55.1 Å². The first-order valence-electron chi connectivity index (χ1n) is 14.3. The van der Waals surface area contributed by atoms with Gasteiger partial charge < -0.3 is 9.64 Å². The standard InChI is InChI=1S/C31H37N9O/c1-5-39-13-12-26(35-39)18-28-32-19-24-10-11-27-29(30(24)34-28)31(38(3)36-27)23-8-6-22(7-9-23)25-20-33-40(21-25)15-14-37(2)16-17-41-4/h6-9,12-13,19-21H,5,10-11,14-18H2,1-4H3. The van der Waals surface area contributed by atoms with Gasteiger partial charge in [0.05, 0.1) is 48.5 Å². The Kier molecular flexibility index (Phi) is 7.76. The molecule has 0 N–H and O–H groups in total. The van der Waals surface area contributed by atoms with Crippen molar-refractivity contribution in [3.8, 4) is 33.6 Å². The molecule has 4 aromatic heterocycles. The lowest BCUT2D eigenvalue weighted by atomic mass is 9.91. The molecule has 6 rings (SSSR count). The van der Waals surface area contributed by atoms with Crippen LogP contribution in [0.1, 0.15) is 29.7 Å². The number of nitrogens with zero attached hydrogens (tertiary/aromatic N) is 9. The van der Waals surface area contributed by atoms with Crippen LogP contribution in [0.3, 0.4) is 0 Å². The maximum Gasteiger partial charge on any atom is 0.134 e. The minimum Gasteiger partial charge on any atom is -0.383 e. The molecule has 0 amide bonds. The zero-order chi connectivity index (χ0) is 28.3. The van der Waals surface area contributed by atoms with Gasteiger partial charge in [-0.25, -0.2) is 9.97 Å². The number of hydrogen-bond donors (Lipinski definition) is 0. The maximum atomic E-state index is 5.17. The van der Waals surface area contributed by atoms with Crippen LogP contribution in [0.4, 0.5) is 0 Å². The number of benzene rings is 1. The summed E-state index contributed by atoms with van der Waals surface area (Å²) >= 11 is 0. The van der Waals surface area contributed by atoms with Gasteiger partial charge in [0.15, 0.2) is 0 Å². The molecule has 5 aromatic rings. The van der Waals surface area contributed by atoms with Crippen LogP contribution < -0.4 is 0 Å². The Hall–Kier alpha value is -4.15. The topological polar surface area (TPSA) is 91.7 Å². The van der Waals surface area contributed by atoms with Gasteiger partial charge in [0, 0.05) is 69.1 Å². The predicted molar refractivity (Wildman–Crippen MR) is 158 cm³/mol. The number of ether oxygens (including phenoxy) is 1. The van der Waals surface area contributed by atoms with E-state index < -0.39 is 0 Å². The van der Waals surface area contributed by atoms with Crippen LogP contribution in [-0.2, 0) is 44.1 Å². The van der Waals surface area contributed by atoms with Crippen LogP contribution in [-0.4, -0.2) is 78.1 Å². The number of fused-ring (bicyclic) bond motifs is 3. The van der Waals surface area contributed by atoms with Gasteiger partial charge in [-0.3, -0.25) is 14.0 Å². The highest BCUT2D eigenvalue weighted by atomic mass is 16.5. The van der Waals surface area contributed by atoms with E-state index >= 15 is 0 Å². The number of hydrogen-bond acceptors (Lipinski definition) is 7. The van der Waals surface area contributed by atoms with Crippen molar-refractivity contribution in [3.63, 3.8) is 0 Å². The molecular formula is C31H37N9O. The van der Waals surface area contributed by atoms with Gasteiger partial charge in [0.1, 0.15) is 5.82 Å². The summed E-state index contributed by atoms with van der Waals surface area (Å²) in [6.07, 6.45) is 10.4. The maximum absolute atomic E-state index is 5.17. The van der Waals surface area contributed by atoms with Crippen LogP contribution in [0.2, 0.25) is 0 Å². The molecule has 0 fully saturated rings. The highest BCUT2D eigenvalue weighted by molar-refractivity contribution is 5.84. The van der Waals surface area contributed by atoms with Crippen molar-refractivity contribution in [1.29, 1.82) is 0 Å². The fourth-order valence-electron chi connectivity index (χ4n) is 5.44. The summed E-state index contributed by atoms with van der Waals surface area (Å²) in [6.45, 7) is 6.33. The second-order valence-electron chi connectivity index (χ2n) is 10.7. The van der Waals surface area contributed by atoms with Crippen molar-refractivity contribution < 1.29 is 4.74 Å². The van der Waals surface area contributed by atoms with Gasteiger partial charge in [0.25, 0.3) is 0 Å². The minimum absolute atomic E-state index is 0.608. The van der Waals surface area contributed by atoms with E-state index in [4.69, 9.17) is 14.8 Å². The van der Waals surface area contributed by atoms with E-state index in [1.807, 2.05) is 45.7 Å². The smallest absolute Gasteiger partial charge is 0.134 e. The van der Waals surface area contributed by atoms with E-state index in [1.54, 1.807) is 7.11 Å². The first-order valence-corrected chi connectivity index (χ1v) is 14.3. The monoisotopic (exact) mass is 551 g/mol. The average Bonchev–Trinajstić information content (AvgIpc) is 3.73. The summed E-state index contributed by atoms with van der Waals surface area (Å²) in [5, 5.41) is 14.1. The normalized spacial score (nSPS) is 12.6. The van der Waals surface area contributed by atoms with E-state index in [0.717, 1.165) is 96.5 Å². The summed E-state index contributed by atoms with van der Waals surface area (Å²) in [4.78, 5) is 12.0. The summed E-state index contributed by atoms with van der Waals surface area (Å²) in [5.41, 5.74) is 9.81. The van der Waals surface area contributed by atoms with E-state index in [0.29, 0.717) is 6.42 Å². The third-order valence-electron chi connectivity index (χ3n) is 7.77. The van der Waals surface area contributed by atoms with Gasteiger partial charge in [-0.15, -0.1) is 0 Å². The summed E-state index contributed by atoms with van der Waals surface area (Å²) in [6, 6.07) is 10.7. The Bertz CT molecular complexity index is 1630. The Labute approximate surface area is 240 Å². The quantitative estimate of drug-likeness (QED) is 0.246. The van der Waals surface area contributed by atoms with Gasteiger partial charge in [-0.2, -0.15) is 15.3 Å². The first-order chi connectivity index (χ1) is 20.0. The highest BCUT2D eigenvalue weighted by Gasteiger charge is 2.27. The molecule has 0 unspecified atom stereocenters. The predicted octanol–water partition coefficient (Wildman–Crippen LogP) is 3.89. The molecule has 10 nitrogen and oxygen atoms in total. The van der Waals surface area contributed by atoms with Gasteiger partial charge in [0.2, 0.25) is 0 Å². The second kappa shape index (κ2) is 11.8. The number of aromatic nitrogens is 8. The summed E-state index contributed by atoms with van der Waals surface area (Å²) in [5.74, 6) is 0.782. The molecule has 41 heavy (non-hydrogen) atoms. The largest absolute Gasteiger partial charge is 0.383 e. The fourth-order valence-corrected chi connectivity index (χ4v) is 5.44. The lowest BCUT2D eigenvalue weighted by Gasteiger charge is -2.16. The highest BCUT2D eigenvalue weighted by Crippen LogP contribution is 2.39. The Morgan fingerprint density at radius 2 is 1.78 bits per heavy atom. The lowest BCUT2D eigenvalue weighted by molar-refractivity contribution is 0.159. The molecule has 0 spiro atoms. The molecule has 1 aliphatic rings. The molecule has 0 radical (unpaired) electrons. The lowest BCUT2D eigenvalue weighted by Crippen LogP contribution is -2.26. The molecule has 212 valence electrons. The van der Waals surface area contributed by atoms with E-state index in [2.05, 4.69) is 64.5 Å². The second-order valence-corrected chi connectivity index (χ2v) is 10.7. The number of rotatable bonds is 11. The third kappa shape index (κ3) is 5.71. The Morgan fingerprint density at radius 1 is 0.951 bits per heavy atom. The molecule has 1 aliphatic carbocycles. The van der Waals surface area contributed by atoms with Crippen molar-refractivity contribution in [3.05, 3.63) is 77.9 Å². The summed E-state index contributed by atoms with van der Waals surface area (Å²) in [7, 11) is 5.86. The van der Waals surface area contributed by atoms with Crippen LogP contribution in [0.25, 0.3) is 33.6 Å². The average molecular weight is 552 g/mol. The summed E-state index contributed by atoms with van der Waals surface area (Å²) < 4.78 is 11.1. The zero-order valence-corrected chi connectivity index (χ0v) is 24.3. The van der Waals surface area contributed by atoms with Crippen LogP contribution >= 0.6 is 0 Å². The Morgan fingerprint density at radius 3 is 2.56 bits per heavy atom. The molecule has 0 bridgehead atoms. The number of likely N-dealkylation sites (N-methyl/N-ethyl adjacent to an activating group) is 1. The zero-order valence-electron chi connectivity index (χ0n) is 24.3. The van der Waals surface area contributed by atoms with Crippen molar-refractivity contribution in [2.75, 3.05) is 33.9 Å². The van der Waals surface area contributed by atoms with E-state index in [9.17, 15) is 0 Å². The van der Waals surface area contributed by atoms with Gasteiger partial charge in [-0.05, 0) is 44.0 Å². The SMILES string of the molecule is CCn1ccc(Cc2ncc3c(n2)-c2c(nn(C)c2-c2ccc(-c4cnn(CCN(C)CCOC)c4)cc2)CC3)n1. The van der Waals surface area contributed by atoms with Gasteiger partial charge >= 0.3 is 0 Å².